The number of allylic oxidation sites excluding steroid dienone is 2. The molecule has 2 unspecified atom stereocenters. The fourth-order valence-electron chi connectivity index (χ4n) is 1.09. The van der Waals surface area contributed by atoms with Crippen LogP contribution in [0.25, 0.3) is 0 Å². The van der Waals surface area contributed by atoms with Crippen LogP contribution >= 0.6 is 0 Å². The van der Waals surface area contributed by atoms with E-state index in [-0.39, 0.29) is 6.79 Å². The molecule has 3 heteroatoms. The first kappa shape index (κ1) is 5.92. The van der Waals surface area contributed by atoms with Gasteiger partial charge < -0.3 is 9.47 Å². The highest BCUT2D eigenvalue weighted by Crippen LogP contribution is 2.25. The Morgan fingerprint density at radius 2 is 2.50 bits per heavy atom. The van der Waals surface area contributed by atoms with Gasteiger partial charge >= 0.3 is 0 Å². The molecule has 0 bridgehead atoms. The van der Waals surface area contributed by atoms with Gasteiger partial charge in [0, 0.05) is 0 Å². The third-order valence-corrected chi connectivity index (χ3v) is 1.60. The number of hydrogen-bond donors (Lipinski definition) is 0. The van der Waals surface area contributed by atoms with E-state index < -0.39 is 12.3 Å². The van der Waals surface area contributed by atoms with Crippen LogP contribution in [-0.2, 0) is 9.47 Å². The van der Waals surface area contributed by atoms with Crippen molar-refractivity contribution >= 4 is 0 Å². The topological polar surface area (TPSA) is 18.5 Å². The van der Waals surface area contributed by atoms with Gasteiger partial charge in [-0.15, -0.1) is 0 Å². The van der Waals surface area contributed by atoms with Crippen LogP contribution < -0.4 is 0 Å². The maximum absolute atomic E-state index is 12.8. The van der Waals surface area contributed by atoms with Crippen molar-refractivity contribution in [2.24, 2.45) is 0 Å². The monoisotopic (exact) mass is 142 g/mol. The van der Waals surface area contributed by atoms with E-state index in [2.05, 4.69) is 0 Å². The Morgan fingerprint density at radius 1 is 1.60 bits per heavy atom. The highest BCUT2D eigenvalue weighted by atomic mass is 19.1. The lowest BCUT2D eigenvalue weighted by atomic mass is 10.1. The molecule has 0 aromatic carbocycles. The van der Waals surface area contributed by atoms with Crippen LogP contribution in [0.2, 0.25) is 0 Å². The Labute approximate surface area is 57.9 Å². The van der Waals surface area contributed by atoms with E-state index in [0.29, 0.717) is 5.76 Å². The van der Waals surface area contributed by atoms with E-state index in [1.165, 1.54) is 6.08 Å². The zero-order chi connectivity index (χ0) is 6.97. The van der Waals surface area contributed by atoms with E-state index in [9.17, 15) is 4.39 Å². The third kappa shape index (κ3) is 0.743. The van der Waals surface area contributed by atoms with Gasteiger partial charge in [0.1, 0.15) is 5.76 Å². The molecule has 0 saturated carbocycles. The number of fused-ring (bicyclic) bond motifs is 1. The Morgan fingerprint density at radius 3 is 3.30 bits per heavy atom. The smallest absolute Gasteiger partial charge is 0.189 e. The minimum absolute atomic E-state index is 0.179. The zero-order valence-corrected chi connectivity index (χ0v) is 5.29. The molecule has 1 heterocycles. The van der Waals surface area contributed by atoms with Crippen molar-refractivity contribution in [1.29, 1.82) is 0 Å². The van der Waals surface area contributed by atoms with E-state index >= 15 is 0 Å². The molecule has 0 N–H and O–H groups in total. The molecule has 0 amide bonds. The largest absolute Gasteiger partial charge is 0.469 e. The summed E-state index contributed by atoms with van der Waals surface area (Å²) in [5.41, 5.74) is 0. The summed E-state index contributed by atoms with van der Waals surface area (Å²) in [6.07, 6.45) is 3.31. The van der Waals surface area contributed by atoms with Crippen LogP contribution in [0.15, 0.2) is 24.0 Å². The molecule has 2 aliphatic rings. The van der Waals surface area contributed by atoms with Crippen molar-refractivity contribution in [3.63, 3.8) is 0 Å². The van der Waals surface area contributed by atoms with E-state index in [4.69, 9.17) is 9.47 Å². The molecule has 0 aromatic heterocycles. The first-order valence-electron chi connectivity index (χ1n) is 3.15. The summed E-state index contributed by atoms with van der Waals surface area (Å²) in [7, 11) is 0. The summed E-state index contributed by atoms with van der Waals surface area (Å²) < 4.78 is 22.7. The van der Waals surface area contributed by atoms with E-state index in [0.717, 1.165) is 0 Å². The summed E-state index contributed by atoms with van der Waals surface area (Å²) in [4.78, 5) is 0. The first-order chi connectivity index (χ1) is 4.88. The van der Waals surface area contributed by atoms with Gasteiger partial charge in [0.25, 0.3) is 0 Å². The second kappa shape index (κ2) is 2.09. The molecule has 0 radical (unpaired) electrons. The van der Waals surface area contributed by atoms with Gasteiger partial charge in [-0.3, -0.25) is 0 Å². The predicted octanol–water partition coefficient (Wildman–Crippen LogP) is 1.15. The van der Waals surface area contributed by atoms with Gasteiger partial charge in [-0.25, -0.2) is 4.39 Å². The Kier molecular flexibility index (Phi) is 1.24. The Bertz CT molecular complexity index is 198. The van der Waals surface area contributed by atoms with Gasteiger partial charge in [0.15, 0.2) is 19.1 Å². The van der Waals surface area contributed by atoms with Gasteiger partial charge in [-0.1, -0.05) is 6.08 Å². The third-order valence-electron chi connectivity index (χ3n) is 1.60. The molecule has 2 nitrogen and oxygen atoms in total. The quantitative estimate of drug-likeness (QED) is 0.505. The van der Waals surface area contributed by atoms with Crippen LogP contribution in [0, 0.1) is 0 Å². The average Bonchev–Trinajstić information content (AvgIpc) is 2.36. The van der Waals surface area contributed by atoms with Crippen LogP contribution in [0.5, 0.6) is 0 Å². The second-order valence-corrected chi connectivity index (χ2v) is 2.25. The molecule has 1 aliphatic heterocycles. The van der Waals surface area contributed by atoms with E-state index in [1.807, 2.05) is 0 Å². The predicted molar refractivity (Wildman–Crippen MR) is 32.9 cm³/mol. The fourth-order valence-corrected chi connectivity index (χ4v) is 1.09. The molecular formula is C7H7FO2. The fraction of sp³-hybridized carbons (Fsp3) is 0.429. The molecule has 1 saturated heterocycles. The second-order valence-electron chi connectivity index (χ2n) is 2.25. The summed E-state index contributed by atoms with van der Waals surface area (Å²) in [6, 6.07) is 0. The van der Waals surface area contributed by atoms with Crippen LogP contribution in [0.4, 0.5) is 4.39 Å². The SMILES string of the molecule is FC1C=CC=C2OCOC21. The Balaban J connectivity index is 2.25. The van der Waals surface area contributed by atoms with Gasteiger partial charge in [0.2, 0.25) is 0 Å². The lowest BCUT2D eigenvalue weighted by Gasteiger charge is -2.12. The normalized spacial score (nSPS) is 36.7. The van der Waals surface area contributed by atoms with Crippen LogP contribution in [0.3, 0.4) is 0 Å². The molecule has 10 heavy (non-hydrogen) atoms. The van der Waals surface area contributed by atoms with Crippen molar-refractivity contribution in [3.8, 4) is 0 Å². The lowest BCUT2D eigenvalue weighted by Crippen LogP contribution is -2.22. The van der Waals surface area contributed by atoms with Gasteiger partial charge in [-0.05, 0) is 12.2 Å². The highest BCUT2D eigenvalue weighted by molar-refractivity contribution is 5.22. The molecule has 2 rings (SSSR count). The average molecular weight is 142 g/mol. The summed E-state index contributed by atoms with van der Waals surface area (Å²) in [6.45, 7) is 0.179. The van der Waals surface area contributed by atoms with Crippen molar-refractivity contribution in [2.45, 2.75) is 12.3 Å². The number of rotatable bonds is 0. The molecule has 2 atom stereocenters. The first-order valence-corrected chi connectivity index (χ1v) is 3.15. The van der Waals surface area contributed by atoms with Crippen LogP contribution in [0.1, 0.15) is 0 Å². The Hall–Kier alpha value is -0.830. The molecule has 1 aliphatic carbocycles. The molecule has 0 aromatic rings. The number of alkyl halides is 1. The number of ether oxygens (including phenoxy) is 2. The minimum atomic E-state index is -1.04. The molecule has 54 valence electrons. The zero-order valence-electron chi connectivity index (χ0n) is 5.29. The van der Waals surface area contributed by atoms with E-state index in [1.54, 1.807) is 12.2 Å². The van der Waals surface area contributed by atoms with Crippen molar-refractivity contribution in [1.82, 2.24) is 0 Å². The summed E-state index contributed by atoms with van der Waals surface area (Å²) in [5.74, 6) is 0.606. The van der Waals surface area contributed by atoms with Crippen molar-refractivity contribution < 1.29 is 13.9 Å². The standard InChI is InChI=1S/C7H7FO2/c8-5-2-1-3-6-7(5)10-4-9-6/h1-3,5,7H,4H2. The lowest BCUT2D eigenvalue weighted by molar-refractivity contribution is 0.0289. The molecular weight excluding hydrogens is 135 g/mol. The maximum atomic E-state index is 12.8. The van der Waals surface area contributed by atoms with Crippen molar-refractivity contribution in [2.75, 3.05) is 6.79 Å². The minimum Gasteiger partial charge on any atom is -0.469 e. The number of hydrogen-bond acceptors (Lipinski definition) is 2. The summed E-state index contributed by atoms with van der Waals surface area (Å²) >= 11 is 0. The molecule has 0 spiro atoms. The van der Waals surface area contributed by atoms with Crippen molar-refractivity contribution in [3.05, 3.63) is 24.0 Å². The van der Waals surface area contributed by atoms with Crippen LogP contribution in [-0.4, -0.2) is 19.1 Å². The summed E-state index contributed by atoms with van der Waals surface area (Å²) in [5, 5.41) is 0. The maximum Gasteiger partial charge on any atom is 0.189 e. The number of halogens is 1. The highest BCUT2D eigenvalue weighted by Gasteiger charge is 2.31. The van der Waals surface area contributed by atoms with Gasteiger partial charge in [0.05, 0.1) is 0 Å². The molecule has 1 fully saturated rings. The van der Waals surface area contributed by atoms with Gasteiger partial charge in [-0.2, -0.15) is 0 Å².